The number of ether oxygens (including phenoxy) is 1. The van der Waals surface area contributed by atoms with E-state index >= 15 is 0 Å². The van der Waals surface area contributed by atoms with E-state index < -0.39 is 0 Å². The first kappa shape index (κ1) is 13.5. The Bertz CT molecular complexity index is 558. The van der Waals surface area contributed by atoms with Gasteiger partial charge < -0.3 is 14.2 Å². The molecule has 0 bridgehead atoms. The molecule has 0 aliphatic carbocycles. The quantitative estimate of drug-likeness (QED) is 0.823. The molecule has 0 atom stereocenters. The minimum absolute atomic E-state index is 0.111. The molecule has 0 aromatic carbocycles. The van der Waals surface area contributed by atoms with Gasteiger partial charge in [-0.2, -0.15) is 15.0 Å². The SMILES string of the molecule is CCOc1nc(Cl)nc(N(C)Cc2nccn2C)n1. The molecule has 0 radical (unpaired) electrons. The third-order valence-electron chi connectivity index (χ3n) is 2.49. The lowest BCUT2D eigenvalue weighted by molar-refractivity contribution is 0.311. The van der Waals surface area contributed by atoms with Crippen molar-refractivity contribution in [2.24, 2.45) is 7.05 Å². The second-order valence-electron chi connectivity index (χ2n) is 3.93. The van der Waals surface area contributed by atoms with E-state index in [0.29, 0.717) is 19.1 Å². The summed E-state index contributed by atoms with van der Waals surface area (Å²) in [4.78, 5) is 18.2. The Labute approximate surface area is 116 Å². The minimum Gasteiger partial charge on any atom is -0.464 e. The molecule has 0 fully saturated rings. The van der Waals surface area contributed by atoms with Gasteiger partial charge in [0.1, 0.15) is 5.82 Å². The first-order chi connectivity index (χ1) is 9.10. The van der Waals surface area contributed by atoms with Crippen molar-refractivity contribution in [3.63, 3.8) is 0 Å². The fourth-order valence-corrected chi connectivity index (χ4v) is 1.67. The van der Waals surface area contributed by atoms with Crippen LogP contribution in [0.1, 0.15) is 12.7 Å². The lowest BCUT2D eigenvalue weighted by Crippen LogP contribution is -2.22. The lowest BCUT2D eigenvalue weighted by atomic mass is 10.5. The number of nitrogens with zero attached hydrogens (tertiary/aromatic N) is 6. The van der Waals surface area contributed by atoms with Crippen molar-refractivity contribution in [3.05, 3.63) is 23.5 Å². The van der Waals surface area contributed by atoms with Crippen LogP contribution < -0.4 is 9.64 Å². The molecule has 0 saturated heterocycles. The van der Waals surface area contributed by atoms with Crippen LogP contribution in [0.5, 0.6) is 6.01 Å². The fraction of sp³-hybridized carbons (Fsp3) is 0.455. The number of aromatic nitrogens is 5. The van der Waals surface area contributed by atoms with Crippen LogP contribution in [0.2, 0.25) is 5.28 Å². The van der Waals surface area contributed by atoms with Crippen molar-refractivity contribution in [3.8, 4) is 6.01 Å². The molecule has 0 aliphatic rings. The van der Waals surface area contributed by atoms with Crippen molar-refractivity contribution in [1.29, 1.82) is 0 Å². The van der Waals surface area contributed by atoms with Crippen molar-refractivity contribution in [1.82, 2.24) is 24.5 Å². The summed E-state index contributed by atoms with van der Waals surface area (Å²) in [6.45, 7) is 2.90. The van der Waals surface area contributed by atoms with Crippen LogP contribution in [-0.2, 0) is 13.6 Å². The largest absolute Gasteiger partial charge is 0.464 e. The molecule has 7 nitrogen and oxygen atoms in total. The number of imidazole rings is 1. The average molecular weight is 283 g/mol. The molecule has 2 heterocycles. The van der Waals surface area contributed by atoms with E-state index in [1.54, 1.807) is 6.20 Å². The Morgan fingerprint density at radius 2 is 2.16 bits per heavy atom. The van der Waals surface area contributed by atoms with E-state index in [1.165, 1.54) is 0 Å². The molecule has 0 amide bonds. The third kappa shape index (κ3) is 3.31. The second kappa shape index (κ2) is 5.83. The molecule has 102 valence electrons. The van der Waals surface area contributed by atoms with Crippen LogP contribution in [0.4, 0.5) is 5.95 Å². The number of anilines is 1. The number of hydrogen-bond donors (Lipinski definition) is 0. The highest BCUT2D eigenvalue weighted by atomic mass is 35.5. The summed E-state index contributed by atoms with van der Waals surface area (Å²) in [5, 5.41) is 0.111. The maximum Gasteiger partial charge on any atom is 0.322 e. The Kier molecular flexibility index (Phi) is 4.16. The Balaban J connectivity index is 2.18. The van der Waals surface area contributed by atoms with Crippen molar-refractivity contribution >= 4 is 17.5 Å². The molecule has 2 aromatic rings. The van der Waals surface area contributed by atoms with Gasteiger partial charge >= 0.3 is 6.01 Å². The summed E-state index contributed by atoms with van der Waals surface area (Å²) < 4.78 is 7.18. The standard InChI is InChI=1S/C11H15ClN6O/c1-4-19-11-15-9(12)14-10(16-11)18(3)7-8-13-5-6-17(8)2/h5-6H,4,7H2,1-3H3. The van der Waals surface area contributed by atoms with Crippen LogP contribution in [0, 0.1) is 0 Å². The van der Waals surface area contributed by atoms with Gasteiger partial charge in [-0.1, -0.05) is 0 Å². The van der Waals surface area contributed by atoms with Gasteiger partial charge in [0.05, 0.1) is 13.2 Å². The van der Waals surface area contributed by atoms with Crippen LogP contribution in [0.25, 0.3) is 0 Å². The summed E-state index contributed by atoms with van der Waals surface area (Å²) in [6, 6.07) is 0.226. The molecule has 0 spiro atoms. The van der Waals surface area contributed by atoms with Crippen LogP contribution >= 0.6 is 11.6 Å². The maximum absolute atomic E-state index is 5.85. The van der Waals surface area contributed by atoms with Gasteiger partial charge in [-0.15, -0.1) is 0 Å². The molecule has 0 unspecified atom stereocenters. The number of hydrogen-bond acceptors (Lipinski definition) is 6. The van der Waals surface area contributed by atoms with E-state index in [0.717, 1.165) is 5.82 Å². The fourth-order valence-electron chi connectivity index (χ4n) is 1.52. The topological polar surface area (TPSA) is 69.0 Å². The van der Waals surface area contributed by atoms with E-state index in [-0.39, 0.29) is 11.3 Å². The van der Waals surface area contributed by atoms with E-state index in [4.69, 9.17) is 16.3 Å². The van der Waals surface area contributed by atoms with E-state index in [2.05, 4.69) is 19.9 Å². The van der Waals surface area contributed by atoms with Crippen molar-refractivity contribution in [2.75, 3.05) is 18.6 Å². The van der Waals surface area contributed by atoms with Crippen molar-refractivity contribution in [2.45, 2.75) is 13.5 Å². The predicted molar refractivity (Wildman–Crippen MR) is 71.3 cm³/mol. The van der Waals surface area contributed by atoms with Gasteiger partial charge in [0.15, 0.2) is 0 Å². The van der Waals surface area contributed by atoms with E-state index in [9.17, 15) is 0 Å². The maximum atomic E-state index is 5.85. The Hall–Kier alpha value is -1.89. The highest BCUT2D eigenvalue weighted by Gasteiger charge is 2.12. The molecule has 19 heavy (non-hydrogen) atoms. The monoisotopic (exact) mass is 282 g/mol. The summed E-state index contributed by atoms with van der Waals surface area (Å²) in [5.41, 5.74) is 0. The van der Waals surface area contributed by atoms with Gasteiger partial charge in [0.25, 0.3) is 0 Å². The van der Waals surface area contributed by atoms with Gasteiger partial charge in [-0.05, 0) is 18.5 Å². The van der Waals surface area contributed by atoms with Gasteiger partial charge in [0.2, 0.25) is 11.2 Å². The zero-order valence-electron chi connectivity index (χ0n) is 11.0. The van der Waals surface area contributed by atoms with Crippen LogP contribution in [0.15, 0.2) is 12.4 Å². The third-order valence-corrected chi connectivity index (χ3v) is 2.66. The first-order valence-electron chi connectivity index (χ1n) is 5.82. The zero-order valence-corrected chi connectivity index (χ0v) is 11.8. The average Bonchev–Trinajstić information content (AvgIpc) is 2.75. The molecule has 2 aromatic heterocycles. The number of aryl methyl sites for hydroxylation is 1. The molecular formula is C11H15ClN6O. The Morgan fingerprint density at radius 3 is 2.79 bits per heavy atom. The molecule has 0 aliphatic heterocycles. The van der Waals surface area contributed by atoms with Crippen LogP contribution in [0.3, 0.4) is 0 Å². The summed E-state index contributed by atoms with van der Waals surface area (Å²) in [7, 11) is 3.79. The predicted octanol–water partition coefficient (Wildman–Crippen LogP) is 1.29. The smallest absolute Gasteiger partial charge is 0.322 e. The molecule has 0 saturated carbocycles. The highest BCUT2D eigenvalue weighted by Crippen LogP contribution is 2.15. The minimum atomic E-state index is 0.111. The molecular weight excluding hydrogens is 268 g/mol. The summed E-state index contributed by atoms with van der Waals surface area (Å²) >= 11 is 5.85. The molecule has 8 heteroatoms. The van der Waals surface area contributed by atoms with Gasteiger partial charge in [-0.25, -0.2) is 4.98 Å². The van der Waals surface area contributed by atoms with Crippen molar-refractivity contribution < 1.29 is 4.74 Å². The lowest BCUT2D eigenvalue weighted by Gasteiger charge is -2.17. The van der Waals surface area contributed by atoms with Gasteiger partial charge in [0, 0.05) is 26.5 Å². The summed E-state index contributed by atoms with van der Waals surface area (Å²) in [6.07, 6.45) is 3.63. The zero-order chi connectivity index (χ0) is 13.8. The number of halogens is 1. The van der Waals surface area contributed by atoms with Crippen LogP contribution in [-0.4, -0.2) is 38.2 Å². The Morgan fingerprint density at radius 1 is 1.37 bits per heavy atom. The second-order valence-corrected chi connectivity index (χ2v) is 4.27. The highest BCUT2D eigenvalue weighted by molar-refractivity contribution is 6.28. The number of rotatable bonds is 5. The summed E-state index contributed by atoms with van der Waals surface area (Å²) in [5.74, 6) is 1.35. The normalized spacial score (nSPS) is 10.5. The van der Waals surface area contributed by atoms with Gasteiger partial charge in [-0.3, -0.25) is 0 Å². The van der Waals surface area contributed by atoms with E-state index in [1.807, 2.05) is 36.7 Å². The molecule has 0 N–H and O–H groups in total. The first-order valence-corrected chi connectivity index (χ1v) is 6.19. The molecule has 2 rings (SSSR count).